The molecule has 0 spiro atoms. The summed E-state index contributed by atoms with van der Waals surface area (Å²) < 4.78 is 6.73. The summed E-state index contributed by atoms with van der Waals surface area (Å²) in [5, 5.41) is 0. The van der Waals surface area contributed by atoms with E-state index in [1.165, 1.54) is 18.4 Å². The summed E-state index contributed by atoms with van der Waals surface area (Å²) in [5.74, 6) is 5.91. The lowest BCUT2D eigenvalue weighted by Gasteiger charge is -2.55. The Hall–Kier alpha value is -1.11. The van der Waals surface area contributed by atoms with Crippen LogP contribution in [0.4, 0.5) is 0 Å². The van der Waals surface area contributed by atoms with E-state index in [1.807, 2.05) is 6.08 Å². The molecule has 3 heteroatoms. The second-order valence-corrected chi connectivity index (χ2v) is 14.6. The summed E-state index contributed by atoms with van der Waals surface area (Å²) in [7, 11) is -1.73. The first-order chi connectivity index (χ1) is 12.2. The van der Waals surface area contributed by atoms with Crippen LogP contribution in [0.2, 0.25) is 19.6 Å². The van der Waals surface area contributed by atoms with Crippen LogP contribution in [0.3, 0.4) is 0 Å². The zero-order valence-corrected chi connectivity index (χ0v) is 17.7. The molecule has 0 radical (unpaired) electrons. The van der Waals surface area contributed by atoms with E-state index in [9.17, 15) is 4.79 Å². The van der Waals surface area contributed by atoms with Crippen molar-refractivity contribution in [3.05, 3.63) is 23.8 Å². The van der Waals surface area contributed by atoms with E-state index in [-0.39, 0.29) is 11.0 Å². The van der Waals surface area contributed by atoms with Crippen molar-refractivity contribution in [1.82, 2.24) is 0 Å². The number of hydrogen-bond donors (Lipinski definition) is 0. The highest BCUT2D eigenvalue weighted by Gasteiger charge is 2.63. The van der Waals surface area contributed by atoms with Gasteiger partial charge in [-0.3, -0.25) is 4.79 Å². The summed E-state index contributed by atoms with van der Waals surface area (Å²) in [4.78, 5) is 11.8. The SMILES string of the molecule is C#CC1(O[Si](C)(C)C)CCC2C3C=CC4=CC(=O)CCC4C3CCC21C. The highest BCUT2D eigenvalue weighted by molar-refractivity contribution is 6.69. The number of carbonyl (C=O) groups is 1. The molecule has 0 aromatic carbocycles. The molecule has 140 valence electrons. The van der Waals surface area contributed by atoms with Gasteiger partial charge in [0.05, 0.1) is 0 Å². The fraction of sp³-hybridized carbons (Fsp3) is 0.696. The van der Waals surface area contributed by atoms with E-state index in [2.05, 4.69) is 44.6 Å². The molecule has 4 rings (SSSR count). The van der Waals surface area contributed by atoms with Gasteiger partial charge in [0.1, 0.15) is 5.60 Å². The number of rotatable bonds is 2. The fourth-order valence-electron chi connectivity index (χ4n) is 6.61. The van der Waals surface area contributed by atoms with Crippen LogP contribution >= 0.6 is 0 Å². The molecular formula is C23H32O2Si. The predicted molar refractivity (Wildman–Crippen MR) is 108 cm³/mol. The van der Waals surface area contributed by atoms with Crippen LogP contribution in [0, 0.1) is 41.4 Å². The monoisotopic (exact) mass is 368 g/mol. The Labute approximate surface area is 159 Å². The Balaban J connectivity index is 1.68. The predicted octanol–water partition coefficient (Wildman–Crippen LogP) is 5.13. The maximum atomic E-state index is 11.8. The fourth-order valence-corrected chi connectivity index (χ4v) is 8.05. The smallest absolute Gasteiger partial charge is 0.185 e. The Morgan fingerprint density at radius 2 is 2.00 bits per heavy atom. The average Bonchev–Trinajstić information content (AvgIpc) is 2.86. The van der Waals surface area contributed by atoms with Crippen LogP contribution in [0.25, 0.3) is 0 Å². The van der Waals surface area contributed by atoms with Gasteiger partial charge in [-0.05, 0) is 87.1 Å². The molecule has 2 saturated carbocycles. The maximum absolute atomic E-state index is 11.8. The quantitative estimate of drug-likeness (QED) is 0.499. The molecule has 4 aliphatic carbocycles. The molecule has 6 unspecified atom stereocenters. The van der Waals surface area contributed by atoms with Crippen molar-refractivity contribution in [2.24, 2.45) is 29.1 Å². The van der Waals surface area contributed by atoms with Gasteiger partial charge in [-0.15, -0.1) is 6.42 Å². The van der Waals surface area contributed by atoms with Crippen LogP contribution in [-0.2, 0) is 9.22 Å². The van der Waals surface area contributed by atoms with Crippen molar-refractivity contribution in [2.75, 3.05) is 0 Å². The van der Waals surface area contributed by atoms with Crippen molar-refractivity contribution in [3.63, 3.8) is 0 Å². The summed E-state index contributed by atoms with van der Waals surface area (Å²) in [5.41, 5.74) is 0.962. The molecule has 0 heterocycles. The zero-order valence-electron chi connectivity index (χ0n) is 16.7. The summed E-state index contributed by atoms with van der Waals surface area (Å²) in [6.45, 7) is 9.17. The van der Waals surface area contributed by atoms with Crippen molar-refractivity contribution in [3.8, 4) is 12.3 Å². The first-order valence-corrected chi connectivity index (χ1v) is 13.7. The number of terminal acetylenes is 1. The average molecular weight is 369 g/mol. The van der Waals surface area contributed by atoms with E-state index in [0.717, 1.165) is 25.7 Å². The van der Waals surface area contributed by atoms with E-state index < -0.39 is 8.32 Å². The summed E-state index contributed by atoms with van der Waals surface area (Å²) in [6.07, 6.45) is 19.0. The van der Waals surface area contributed by atoms with E-state index in [1.54, 1.807) is 0 Å². The Bertz CT molecular complexity index is 721. The van der Waals surface area contributed by atoms with Crippen molar-refractivity contribution in [1.29, 1.82) is 0 Å². The van der Waals surface area contributed by atoms with E-state index >= 15 is 0 Å². The Kier molecular flexibility index (Phi) is 4.17. The third-order valence-corrected chi connectivity index (χ3v) is 8.66. The second kappa shape index (κ2) is 5.94. The van der Waals surface area contributed by atoms with Gasteiger partial charge < -0.3 is 4.43 Å². The number of allylic oxidation sites excluding steroid dienone is 4. The Morgan fingerprint density at radius 3 is 2.69 bits per heavy atom. The van der Waals surface area contributed by atoms with E-state index in [0.29, 0.717) is 29.5 Å². The zero-order chi connectivity index (χ0) is 18.7. The molecule has 2 nitrogen and oxygen atoms in total. The molecule has 26 heavy (non-hydrogen) atoms. The molecule has 0 bridgehead atoms. The maximum Gasteiger partial charge on any atom is 0.185 e. The summed E-state index contributed by atoms with van der Waals surface area (Å²) >= 11 is 0. The van der Waals surface area contributed by atoms with Gasteiger partial charge in [-0.25, -0.2) is 0 Å². The molecule has 0 N–H and O–H groups in total. The first kappa shape index (κ1) is 18.3. The van der Waals surface area contributed by atoms with E-state index in [4.69, 9.17) is 10.8 Å². The van der Waals surface area contributed by atoms with Crippen LogP contribution < -0.4 is 0 Å². The molecule has 6 atom stereocenters. The molecule has 0 amide bonds. The lowest BCUT2D eigenvalue weighted by molar-refractivity contribution is -0.115. The highest BCUT2D eigenvalue weighted by Crippen LogP contribution is 2.64. The van der Waals surface area contributed by atoms with Gasteiger partial charge >= 0.3 is 0 Å². The highest BCUT2D eigenvalue weighted by atomic mass is 28.4. The molecule has 0 aromatic heterocycles. The third-order valence-electron chi connectivity index (χ3n) is 7.70. The van der Waals surface area contributed by atoms with Gasteiger partial charge in [-0.1, -0.05) is 25.0 Å². The normalized spacial score (nSPS) is 44.6. The largest absolute Gasteiger partial charge is 0.401 e. The molecule has 2 fully saturated rings. The van der Waals surface area contributed by atoms with Crippen LogP contribution in [0.5, 0.6) is 0 Å². The number of hydrogen-bond acceptors (Lipinski definition) is 2. The molecule has 4 aliphatic rings. The Morgan fingerprint density at radius 1 is 1.23 bits per heavy atom. The minimum atomic E-state index is -1.73. The van der Waals surface area contributed by atoms with Crippen LogP contribution in [0.1, 0.15) is 45.4 Å². The summed E-state index contributed by atoms with van der Waals surface area (Å²) in [6, 6.07) is 0. The van der Waals surface area contributed by atoms with Gasteiger partial charge in [0.2, 0.25) is 0 Å². The minimum absolute atomic E-state index is 0.0687. The van der Waals surface area contributed by atoms with Gasteiger partial charge in [0, 0.05) is 11.8 Å². The lowest BCUT2D eigenvalue weighted by Crippen LogP contribution is -2.55. The standard InChI is InChI=1S/C23H32O2Si/c1-6-23(25-26(3,4)5)14-12-21-20-9-7-16-15-17(24)8-10-18(16)19(20)11-13-22(21,23)2/h1,7,9,15,18-21H,8,10-14H2,2-5H3. The minimum Gasteiger partial charge on any atom is -0.401 e. The number of ketones is 1. The first-order valence-electron chi connectivity index (χ1n) is 10.3. The van der Waals surface area contributed by atoms with Gasteiger partial charge in [-0.2, -0.15) is 0 Å². The van der Waals surface area contributed by atoms with Crippen molar-refractivity contribution in [2.45, 2.75) is 70.7 Å². The van der Waals surface area contributed by atoms with Crippen molar-refractivity contribution >= 4 is 14.1 Å². The molecular weight excluding hydrogens is 336 g/mol. The van der Waals surface area contributed by atoms with Crippen molar-refractivity contribution < 1.29 is 9.22 Å². The van der Waals surface area contributed by atoms with Gasteiger partial charge in [0.15, 0.2) is 14.1 Å². The molecule has 0 aromatic rings. The van der Waals surface area contributed by atoms with Crippen LogP contribution in [-0.4, -0.2) is 19.7 Å². The third kappa shape index (κ3) is 2.60. The topological polar surface area (TPSA) is 26.3 Å². The lowest BCUT2D eigenvalue weighted by atomic mass is 9.52. The van der Waals surface area contributed by atoms with Crippen LogP contribution in [0.15, 0.2) is 23.8 Å². The van der Waals surface area contributed by atoms with Gasteiger partial charge in [0.25, 0.3) is 0 Å². The molecule has 0 aliphatic heterocycles. The number of carbonyl (C=O) groups excluding carboxylic acids is 1. The molecule has 0 saturated heterocycles. The second-order valence-electron chi connectivity index (χ2n) is 10.1. The number of fused-ring (bicyclic) bond motifs is 5.